The van der Waals surface area contributed by atoms with Crippen molar-refractivity contribution in [3.8, 4) is 5.75 Å². The lowest BCUT2D eigenvalue weighted by atomic mass is 10.3. The summed E-state index contributed by atoms with van der Waals surface area (Å²) in [6.07, 6.45) is -1.51. The fraction of sp³-hybridized carbons (Fsp3) is 0.250. The van der Waals surface area contributed by atoms with Crippen molar-refractivity contribution in [1.82, 2.24) is 0 Å². The normalized spacial score (nSPS) is 9.39. The Labute approximate surface area is 104 Å². The topological polar surface area (TPSA) is 85.7 Å². The smallest absolute Gasteiger partial charge is 0.443 e. The van der Waals surface area contributed by atoms with Crippen LogP contribution in [0.1, 0.15) is 13.3 Å². The van der Waals surface area contributed by atoms with Gasteiger partial charge in [-0.1, -0.05) is 18.2 Å². The molecule has 1 N–H and O–H groups in total. The molecule has 1 rings (SSSR count). The predicted octanol–water partition coefficient (Wildman–Crippen LogP) is 2.13. The minimum atomic E-state index is -1.07. The molecule has 96 valence electrons. The van der Waals surface area contributed by atoms with Gasteiger partial charge in [-0.05, 0) is 19.1 Å². The first-order valence-corrected chi connectivity index (χ1v) is 5.29. The lowest BCUT2D eigenvalue weighted by molar-refractivity contribution is -0.138. The maximum absolute atomic E-state index is 11.2. The molecule has 0 bridgehead atoms. The minimum absolute atomic E-state index is 0.115. The molecule has 0 atom stereocenters. The Bertz CT molecular complexity index is 429. The Balaban J connectivity index is 2.36. The van der Waals surface area contributed by atoms with E-state index in [1.165, 1.54) is 0 Å². The number of rotatable bonds is 4. The zero-order valence-electron chi connectivity index (χ0n) is 9.84. The van der Waals surface area contributed by atoms with Crippen molar-refractivity contribution in [1.29, 1.82) is 5.41 Å². The van der Waals surface area contributed by atoms with Crippen molar-refractivity contribution in [3.63, 3.8) is 0 Å². The first kappa shape index (κ1) is 13.7. The molecule has 0 heterocycles. The van der Waals surface area contributed by atoms with E-state index in [0.717, 1.165) is 0 Å². The van der Waals surface area contributed by atoms with E-state index < -0.39 is 18.5 Å². The number of esters is 1. The Hall–Kier alpha value is -2.37. The number of carbonyl (C=O) groups excluding carboxylic acids is 2. The molecule has 0 aliphatic carbocycles. The molecule has 0 unspecified atom stereocenters. The molecule has 0 aliphatic heterocycles. The summed E-state index contributed by atoms with van der Waals surface area (Å²) in [4.78, 5) is 22.0. The van der Waals surface area contributed by atoms with E-state index >= 15 is 0 Å². The standard InChI is InChI=1S/C12H13NO5/c1-2-16-12(15)18-11(14)8-10(13)17-9-6-4-3-5-7-9/h3-7,13H,2,8H2,1H3. The Morgan fingerprint density at radius 3 is 2.50 bits per heavy atom. The molecule has 1 aromatic rings. The molecular weight excluding hydrogens is 238 g/mol. The fourth-order valence-corrected chi connectivity index (χ4v) is 1.07. The van der Waals surface area contributed by atoms with Crippen LogP contribution in [0.3, 0.4) is 0 Å². The molecule has 0 amide bonds. The molecule has 0 aromatic heterocycles. The Morgan fingerprint density at radius 2 is 1.89 bits per heavy atom. The third-order valence-corrected chi connectivity index (χ3v) is 1.75. The second-order valence-electron chi connectivity index (χ2n) is 3.17. The zero-order valence-corrected chi connectivity index (χ0v) is 9.84. The largest absolute Gasteiger partial charge is 0.516 e. The van der Waals surface area contributed by atoms with E-state index in [9.17, 15) is 9.59 Å². The molecule has 0 fully saturated rings. The summed E-state index contributed by atoms with van der Waals surface area (Å²) >= 11 is 0. The average Bonchev–Trinajstić information content (AvgIpc) is 2.29. The van der Waals surface area contributed by atoms with Gasteiger partial charge < -0.3 is 14.2 Å². The summed E-state index contributed by atoms with van der Waals surface area (Å²) < 4.78 is 13.8. The van der Waals surface area contributed by atoms with Gasteiger partial charge in [-0.15, -0.1) is 0 Å². The van der Waals surface area contributed by atoms with Crippen LogP contribution in [0.4, 0.5) is 4.79 Å². The van der Waals surface area contributed by atoms with Crippen LogP contribution in [-0.2, 0) is 14.3 Å². The van der Waals surface area contributed by atoms with Gasteiger partial charge in [0, 0.05) is 0 Å². The Kier molecular flexibility index (Phi) is 5.37. The van der Waals surface area contributed by atoms with Gasteiger partial charge >= 0.3 is 12.1 Å². The summed E-state index contributed by atoms with van der Waals surface area (Å²) in [5.41, 5.74) is 0. The molecule has 0 spiro atoms. The van der Waals surface area contributed by atoms with Crippen molar-refractivity contribution in [2.24, 2.45) is 0 Å². The van der Waals surface area contributed by atoms with Crippen LogP contribution in [0.5, 0.6) is 5.75 Å². The highest BCUT2D eigenvalue weighted by atomic mass is 16.7. The fourth-order valence-electron chi connectivity index (χ4n) is 1.07. The highest BCUT2D eigenvalue weighted by Gasteiger charge is 2.14. The maximum atomic E-state index is 11.2. The highest BCUT2D eigenvalue weighted by Crippen LogP contribution is 2.09. The predicted molar refractivity (Wildman–Crippen MR) is 62.5 cm³/mol. The SMILES string of the molecule is CCOC(=O)OC(=O)CC(=N)Oc1ccccc1. The van der Waals surface area contributed by atoms with Crippen LogP contribution in [0.15, 0.2) is 30.3 Å². The summed E-state index contributed by atoms with van der Waals surface area (Å²) in [5, 5.41) is 7.43. The van der Waals surface area contributed by atoms with Gasteiger partial charge in [0.1, 0.15) is 12.2 Å². The van der Waals surface area contributed by atoms with Gasteiger partial charge in [0.25, 0.3) is 0 Å². The van der Waals surface area contributed by atoms with Crippen molar-refractivity contribution < 1.29 is 23.8 Å². The summed E-state index contributed by atoms with van der Waals surface area (Å²) in [7, 11) is 0. The van der Waals surface area contributed by atoms with Gasteiger partial charge in [-0.3, -0.25) is 10.2 Å². The molecule has 6 heteroatoms. The Morgan fingerprint density at radius 1 is 1.22 bits per heavy atom. The van der Waals surface area contributed by atoms with E-state index in [1.807, 2.05) is 0 Å². The van der Waals surface area contributed by atoms with Crippen LogP contribution in [-0.4, -0.2) is 24.6 Å². The number of benzene rings is 1. The number of ether oxygens (including phenoxy) is 3. The summed E-state index contributed by atoms with van der Waals surface area (Å²) in [6.45, 7) is 1.70. The first-order chi connectivity index (χ1) is 8.61. The van der Waals surface area contributed by atoms with E-state index in [-0.39, 0.29) is 12.5 Å². The van der Waals surface area contributed by atoms with Gasteiger partial charge in [-0.2, -0.15) is 0 Å². The van der Waals surface area contributed by atoms with Crippen LogP contribution >= 0.6 is 0 Å². The van der Waals surface area contributed by atoms with Crippen LogP contribution in [0.2, 0.25) is 0 Å². The third-order valence-electron chi connectivity index (χ3n) is 1.75. The molecule has 6 nitrogen and oxygen atoms in total. The van der Waals surface area contributed by atoms with Gasteiger partial charge in [-0.25, -0.2) is 4.79 Å². The lowest BCUT2D eigenvalue weighted by Gasteiger charge is -2.06. The second-order valence-corrected chi connectivity index (χ2v) is 3.17. The van der Waals surface area contributed by atoms with Gasteiger partial charge in [0.2, 0.25) is 0 Å². The van der Waals surface area contributed by atoms with E-state index in [2.05, 4.69) is 9.47 Å². The van der Waals surface area contributed by atoms with Crippen molar-refractivity contribution in [2.75, 3.05) is 6.61 Å². The number of nitrogens with one attached hydrogen (secondary N) is 1. The summed E-state index contributed by atoms with van der Waals surface area (Å²) in [6, 6.07) is 8.56. The quantitative estimate of drug-likeness (QED) is 0.383. The minimum Gasteiger partial charge on any atom is -0.443 e. The monoisotopic (exact) mass is 251 g/mol. The third kappa shape index (κ3) is 5.11. The summed E-state index contributed by atoms with van der Waals surface area (Å²) in [5.74, 6) is -0.767. The zero-order chi connectivity index (χ0) is 13.4. The molecule has 1 aromatic carbocycles. The first-order valence-electron chi connectivity index (χ1n) is 5.29. The van der Waals surface area contributed by atoms with Gasteiger partial charge in [0.15, 0.2) is 5.90 Å². The number of hydrogen-bond donors (Lipinski definition) is 1. The second kappa shape index (κ2) is 7.05. The van der Waals surface area contributed by atoms with Crippen LogP contribution < -0.4 is 4.74 Å². The van der Waals surface area contributed by atoms with Gasteiger partial charge in [0.05, 0.1) is 6.61 Å². The van der Waals surface area contributed by atoms with Crippen molar-refractivity contribution in [2.45, 2.75) is 13.3 Å². The molecule has 0 radical (unpaired) electrons. The highest BCUT2D eigenvalue weighted by molar-refractivity contribution is 5.96. The number of para-hydroxylation sites is 1. The maximum Gasteiger partial charge on any atom is 0.516 e. The van der Waals surface area contributed by atoms with E-state index in [1.54, 1.807) is 37.3 Å². The average molecular weight is 251 g/mol. The number of hydrogen-bond acceptors (Lipinski definition) is 6. The lowest BCUT2D eigenvalue weighted by Crippen LogP contribution is -2.19. The van der Waals surface area contributed by atoms with Crippen LogP contribution in [0, 0.1) is 5.41 Å². The molecule has 0 saturated heterocycles. The molecule has 0 aliphatic rings. The molecule has 18 heavy (non-hydrogen) atoms. The van der Waals surface area contributed by atoms with Crippen LogP contribution in [0.25, 0.3) is 0 Å². The molecule has 0 saturated carbocycles. The van der Waals surface area contributed by atoms with E-state index in [4.69, 9.17) is 10.1 Å². The van der Waals surface area contributed by atoms with E-state index in [0.29, 0.717) is 5.75 Å². The van der Waals surface area contributed by atoms with Crippen molar-refractivity contribution >= 4 is 18.0 Å². The van der Waals surface area contributed by atoms with Crippen molar-refractivity contribution in [3.05, 3.63) is 30.3 Å². The number of carbonyl (C=O) groups is 2. The molecular formula is C12H13NO5.